The number of hydrogen-bond donors (Lipinski definition) is 1. The first kappa shape index (κ1) is 213. The minimum Gasteiger partial charge on any atom is -1.00 e. The van der Waals surface area contributed by atoms with E-state index in [9.17, 15) is 0 Å². The summed E-state index contributed by atoms with van der Waals surface area (Å²) in [5, 5.41) is 7.89. The molecule has 0 aromatic carbocycles. The maximum absolute atomic E-state index is 8.11. The van der Waals surface area contributed by atoms with E-state index in [1.807, 2.05) is 0 Å². The molecule has 0 fully saturated rings. The molecule has 10 heavy (non-hydrogen) atoms. The van der Waals surface area contributed by atoms with Crippen molar-refractivity contribution in [2.75, 3.05) is 0 Å². The van der Waals surface area contributed by atoms with Crippen LogP contribution in [0.2, 0.25) is 0 Å². The van der Waals surface area contributed by atoms with Crippen LogP contribution in [0.4, 0.5) is 0 Å². The summed E-state index contributed by atoms with van der Waals surface area (Å²) in [6, 6.07) is 0. The van der Waals surface area contributed by atoms with E-state index in [0.717, 1.165) is 0 Å². The van der Waals surface area contributed by atoms with Gasteiger partial charge in [-0.1, -0.05) is 0 Å². The summed E-state index contributed by atoms with van der Waals surface area (Å²) in [6.45, 7) is 0. The zero-order valence-corrected chi connectivity index (χ0v) is 6.42. The molecule has 0 aliphatic carbocycles. The van der Waals surface area contributed by atoms with Crippen molar-refractivity contribution < 1.29 is 40.9 Å². The van der Waals surface area contributed by atoms with Crippen LogP contribution in [-0.2, 0) is 0 Å². The van der Waals surface area contributed by atoms with Crippen molar-refractivity contribution in [1.29, 1.82) is 0 Å². The fourth-order valence-electron chi connectivity index (χ4n) is 0. The summed E-state index contributed by atoms with van der Waals surface area (Å²) in [5.41, 5.74) is 0. The molecular weight excluding hydrogens is 166 g/mol. The Bertz CT molecular complexity index is 24.5. The SMILES string of the molecule is O.O.O.O.O.O.O=NO.[H-].[H-].[Mg+2]. The van der Waals surface area contributed by atoms with Gasteiger partial charge in [-0.2, -0.15) is 0 Å². The van der Waals surface area contributed by atoms with Gasteiger partial charge in [0.2, 0.25) is 0 Å². The Balaban J connectivity index is -0.000000000556. The van der Waals surface area contributed by atoms with Gasteiger partial charge in [-0.3, -0.25) is 0 Å². The quantitative estimate of drug-likeness (QED) is 0.219. The van der Waals surface area contributed by atoms with Gasteiger partial charge >= 0.3 is 23.1 Å². The van der Waals surface area contributed by atoms with E-state index in [2.05, 4.69) is 0 Å². The molecule has 0 aromatic rings. The van der Waals surface area contributed by atoms with Crippen LogP contribution in [0.1, 0.15) is 2.85 Å². The van der Waals surface area contributed by atoms with Crippen LogP contribution in [0.5, 0.6) is 0 Å². The van der Waals surface area contributed by atoms with E-state index >= 15 is 0 Å². The Hall–Kier alpha value is -0.0738. The second kappa shape index (κ2) is 654. The molecule has 0 heterocycles. The van der Waals surface area contributed by atoms with Crippen molar-refractivity contribution in [3.05, 3.63) is 4.91 Å². The average Bonchev–Trinajstić information content (AvgIpc) is 0.918. The largest absolute Gasteiger partial charge is 2.00 e. The van der Waals surface area contributed by atoms with Gasteiger partial charge in [0.15, 0.2) is 5.34 Å². The van der Waals surface area contributed by atoms with Crippen molar-refractivity contribution in [3.63, 3.8) is 0 Å². The molecule has 0 aliphatic rings. The molecule has 9 nitrogen and oxygen atoms in total. The first-order valence-corrected chi connectivity index (χ1v) is 0.383. The first-order valence-electron chi connectivity index (χ1n) is 0.383. The van der Waals surface area contributed by atoms with Crippen molar-refractivity contribution in [1.82, 2.24) is 0 Å². The maximum atomic E-state index is 8.11. The molecule has 0 saturated carbocycles. The summed E-state index contributed by atoms with van der Waals surface area (Å²) in [7, 11) is 0. The molecule has 0 atom stereocenters. The molecular formula is H15MgNO8. The summed E-state index contributed by atoms with van der Waals surface area (Å²) in [5.74, 6) is 0. The average molecular weight is 181 g/mol. The van der Waals surface area contributed by atoms with Crippen LogP contribution in [0.3, 0.4) is 0 Å². The minimum atomic E-state index is 0. The molecule has 70 valence electrons. The standard InChI is InChI=1S/Mg.HNO2.6H2O.2H/c;2-1-3;;;;;;;;/h;(H,2,3);6*1H2;;/q+2;;;;;;;;2*-1. The minimum absolute atomic E-state index is 0. The molecule has 0 amide bonds. The third-order valence-corrected chi connectivity index (χ3v) is 0. The van der Waals surface area contributed by atoms with Crippen molar-refractivity contribution in [3.8, 4) is 0 Å². The van der Waals surface area contributed by atoms with E-state index < -0.39 is 0 Å². The van der Waals surface area contributed by atoms with Gasteiger partial charge in [-0.05, 0) is 0 Å². The molecule has 0 radical (unpaired) electrons. The molecule has 0 unspecified atom stereocenters. The predicted octanol–water partition coefficient (Wildman–Crippen LogP) is -4.96. The zero-order chi connectivity index (χ0) is 2.71. The number of hydrogen-bond acceptors (Lipinski definition) is 2. The van der Waals surface area contributed by atoms with Crippen molar-refractivity contribution in [2.45, 2.75) is 0 Å². The van der Waals surface area contributed by atoms with Crippen LogP contribution in [0.15, 0.2) is 5.34 Å². The van der Waals surface area contributed by atoms with Gasteiger partial charge in [0.25, 0.3) is 0 Å². The van der Waals surface area contributed by atoms with Gasteiger partial charge in [-0.15, -0.1) is 4.91 Å². The second-order valence-electron chi connectivity index (χ2n) is 0.0816. The Morgan fingerprint density at radius 3 is 0.900 bits per heavy atom. The molecule has 0 spiro atoms. The Labute approximate surface area is 74.9 Å². The van der Waals surface area contributed by atoms with Crippen LogP contribution in [0.25, 0.3) is 0 Å². The third-order valence-electron chi connectivity index (χ3n) is 0. The van der Waals surface area contributed by atoms with Gasteiger partial charge in [0, 0.05) is 0 Å². The molecule has 0 aromatic heterocycles. The monoisotopic (exact) mass is 181 g/mol. The third kappa shape index (κ3) is 69900. The Morgan fingerprint density at radius 1 is 0.900 bits per heavy atom. The second-order valence-corrected chi connectivity index (χ2v) is 0.0816. The van der Waals surface area contributed by atoms with Crippen molar-refractivity contribution in [2.24, 2.45) is 5.34 Å². The molecule has 0 bridgehead atoms. The Morgan fingerprint density at radius 2 is 0.900 bits per heavy atom. The topological polar surface area (TPSA) is 239 Å². The van der Waals surface area contributed by atoms with E-state index in [-0.39, 0.29) is 58.8 Å². The van der Waals surface area contributed by atoms with E-state index in [0.29, 0.717) is 0 Å². The molecule has 0 aliphatic heterocycles. The van der Waals surface area contributed by atoms with Gasteiger partial charge in [-0.25, -0.2) is 0 Å². The fourth-order valence-corrected chi connectivity index (χ4v) is 0. The molecule has 13 N–H and O–H groups in total. The van der Waals surface area contributed by atoms with Crippen LogP contribution in [-0.4, -0.2) is 61.1 Å². The van der Waals surface area contributed by atoms with Gasteiger partial charge in [0.05, 0.1) is 0 Å². The predicted molar refractivity (Wildman–Crippen MR) is 37.2 cm³/mol. The zero-order valence-electron chi connectivity index (χ0n) is 7.01. The number of nitrogens with zero attached hydrogens (tertiary/aromatic N) is 1. The summed E-state index contributed by atoms with van der Waals surface area (Å²) >= 11 is 0. The van der Waals surface area contributed by atoms with E-state index in [4.69, 9.17) is 10.1 Å². The summed E-state index contributed by atoms with van der Waals surface area (Å²) in [4.78, 5) is 8.11. The molecule has 0 rings (SSSR count). The summed E-state index contributed by atoms with van der Waals surface area (Å²) < 4.78 is 0. The number of rotatable bonds is 0. The van der Waals surface area contributed by atoms with Crippen LogP contribution in [0, 0.1) is 4.91 Å². The van der Waals surface area contributed by atoms with Crippen LogP contribution < -0.4 is 0 Å². The fraction of sp³-hybridized carbons (Fsp3) is 0. The maximum Gasteiger partial charge on any atom is 2.00 e. The normalized spacial score (nSPS) is 1.20. The van der Waals surface area contributed by atoms with Gasteiger partial charge < -0.3 is 40.9 Å². The smallest absolute Gasteiger partial charge is 1.00 e. The molecule has 10 heteroatoms. The Kier molecular flexibility index (Phi) is 13900. The van der Waals surface area contributed by atoms with E-state index in [1.165, 1.54) is 5.34 Å². The van der Waals surface area contributed by atoms with Crippen LogP contribution >= 0.6 is 0 Å². The molecule has 0 saturated heterocycles. The summed E-state index contributed by atoms with van der Waals surface area (Å²) in [6.07, 6.45) is 0. The van der Waals surface area contributed by atoms with Crippen molar-refractivity contribution >= 4 is 23.1 Å². The van der Waals surface area contributed by atoms with E-state index in [1.54, 1.807) is 0 Å². The first-order chi connectivity index (χ1) is 1.41. The van der Waals surface area contributed by atoms with Gasteiger partial charge in [0.1, 0.15) is 0 Å².